The first kappa shape index (κ1) is 17.1. The van der Waals surface area contributed by atoms with E-state index in [1.807, 2.05) is 0 Å². The average molecular weight is 299 g/mol. The maximum atomic E-state index is 11.4. The predicted molar refractivity (Wildman–Crippen MR) is 73.5 cm³/mol. The van der Waals surface area contributed by atoms with Crippen LogP contribution in [-0.4, -0.2) is 49.6 Å². The second-order valence-electron chi connectivity index (χ2n) is 5.53. The summed E-state index contributed by atoms with van der Waals surface area (Å²) in [7, 11) is 0. The molecule has 118 valence electrons. The van der Waals surface area contributed by atoms with Crippen LogP contribution in [0.1, 0.15) is 39.1 Å². The minimum Gasteiger partial charge on any atom is -0.505 e. The molecule has 0 radical (unpaired) electrons. The predicted octanol–water partition coefficient (Wildman–Crippen LogP) is 0.491. The quantitative estimate of drug-likeness (QED) is 0.623. The Morgan fingerprint density at radius 3 is 2.43 bits per heavy atom. The molecule has 1 amide bonds. The Balaban J connectivity index is 2.38. The lowest BCUT2D eigenvalue weighted by atomic mass is 10.1. The molecule has 1 heterocycles. The molecule has 1 rings (SSSR count). The topological polar surface area (TPSA) is 125 Å². The summed E-state index contributed by atoms with van der Waals surface area (Å²) in [6, 6.07) is 0. The van der Waals surface area contributed by atoms with E-state index in [0.29, 0.717) is 0 Å². The van der Waals surface area contributed by atoms with Gasteiger partial charge in [-0.3, -0.25) is 0 Å². The van der Waals surface area contributed by atoms with Crippen molar-refractivity contribution in [1.29, 1.82) is 0 Å². The van der Waals surface area contributed by atoms with Crippen LogP contribution < -0.4 is 5.32 Å². The van der Waals surface area contributed by atoms with E-state index in [9.17, 15) is 15.0 Å². The summed E-state index contributed by atoms with van der Waals surface area (Å²) < 4.78 is 5.03. The molecule has 8 nitrogen and oxygen atoms in total. The zero-order valence-corrected chi connectivity index (χ0v) is 12.3. The molecule has 1 aromatic heterocycles. The summed E-state index contributed by atoms with van der Waals surface area (Å²) in [5.74, 6) is -0.135. The van der Waals surface area contributed by atoms with Crippen molar-refractivity contribution >= 4 is 6.09 Å². The van der Waals surface area contributed by atoms with Gasteiger partial charge in [0.2, 0.25) is 0 Å². The monoisotopic (exact) mass is 299 g/mol. The molecule has 1 aromatic rings. The van der Waals surface area contributed by atoms with Crippen LogP contribution in [0.3, 0.4) is 0 Å². The van der Waals surface area contributed by atoms with Crippen molar-refractivity contribution < 1.29 is 24.9 Å². The molecule has 0 spiro atoms. The molecule has 21 heavy (non-hydrogen) atoms. The first-order valence-electron chi connectivity index (χ1n) is 6.53. The highest BCUT2D eigenvalue weighted by atomic mass is 16.6. The summed E-state index contributed by atoms with van der Waals surface area (Å²) in [6.45, 7) is 5.36. The molecule has 0 saturated heterocycles. The fourth-order valence-electron chi connectivity index (χ4n) is 1.45. The Hall–Kier alpha value is -1.93. The summed E-state index contributed by atoms with van der Waals surface area (Å²) in [5, 5.41) is 31.1. The molecular weight excluding hydrogens is 278 g/mol. The number of hydrogen-bond donors (Lipinski definition) is 4. The Labute approximate surface area is 122 Å². The van der Waals surface area contributed by atoms with E-state index in [-0.39, 0.29) is 24.5 Å². The number of nitrogens with one attached hydrogen (secondary N) is 1. The number of carbonyl (C=O) groups excluding carboxylic acids is 1. The number of ether oxygens (including phenoxy) is 1. The van der Waals surface area contributed by atoms with Crippen molar-refractivity contribution in [3.8, 4) is 5.75 Å². The van der Waals surface area contributed by atoms with Gasteiger partial charge in [0.1, 0.15) is 11.7 Å². The van der Waals surface area contributed by atoms with Crippen molar-refractivity contribution in [3.63, 3.8) is 0 Å². The van der Waals surface area contributed by atoms with Crippen LogP contribution in [0, 0.1) is 0 Å². The van der Waals surface area contributed by atoms with Crippen molar-refractivity contribution in [2.75, 3.05) is 6.54 Å². The van der Waals surface area contributed by atoms with Crippen molar-refractivity contribution in [2.24, 2.45) is 0 Å². The number of aliphatic hydroxyl groups is 2. The number of amides is 1. The van der Waals surface area contributed by atoms with E-state index in [0.717, 1.165) is 12.4 Å². The maximum absolute atomic E-state index is 11.4. The Morgan fingerprint density at radius 1 is 1.33 bits per heavy atom. The summed E-state index contributed by atoms with van der Waals surface area (Å²) in [6.07, 6.45) is -0.695. The van der Waals surface area contributed by atoms with Gasteiger partial charge < -0.3 is 25.4 Å². The average Bonchev–Trinajstić information content (AvgIpc) is 2.36. The molecular formula is C13H21N3O5. The van der Waals surface area contributed by atoms with E-state index in [2.05, 4.69) is 15.3 Å². The van der Waals surface area contributed by atoms with Crippen molar-refractivity contribution in [3.05, 3.63) is 18.2 Å². The fraction of sp³-hybridized carbons (Fsp3) is 0.615. The van der Waals surface area contributed by atoms with Gasteiger partial charge in [-0.2, -0.15) is 0 Å². The number of nitrogens with zero attached hydrogens (tertiary/aromatic N) is 2. The zero-order chi connectivity index (χ0) is 16.0. The SMILES string of the molecule is CC(C)(C)OC(=O)NCCC(O)C(O)c1ncc(O)cn1. The number of alkyl carbamates (subject to hydrolysis) is 1. The normalized spacial score (nSPS) is 14.3. The number of rotatable bonds is 5. The molecule has 0 fully saturated rings. The molecule has 0 aliphatic carbocycles. The van der Waals surface area contributed by atoms with E-state index < -0.39 is 23.9 Å². The van der Waals surface area contributed by atoms with Gasteiger partial charge in [0.05, 0.1) is 18.5 Å². The molecule has 2 atom stereocenters. The third-order valence-corrected chi connectivity index (χ3v) is 2.40. The second kappa shape index (κ2) is 7.19. The van der Waals surface area contributed by atoms with Crippen LogP contribution in [0.15, 0.2) is 12.4 Å². The number of carbonyl (C=O) groups is 1. The van der Waals surface area contributed by atoms with Crippen LogP contribution in [0.4, 0.5) is 4.79 Å². The fourth-order valence-corrected chi connectivity index (χ4v) is 1.45. The third kappa shape index (κ3) is 6.37. The lowest BCUT2D eigenvalue weighted by Gasteiger charge is -2.20. The largest absolute Gasteiger partial charge is 0.505 e. The summed E-state index contributed by atoms with van der Waals surface area (Å²) in [5.41, 5.74) is -0.595. The molecule has 0 aromatic carbocycles. The van der Waals surface area contributed by atoms with E-state index in [4.69, 9.17) is 9.84 Å². The number of aliphatic hydroxyl groups excluding tert-OH is 2. The molecule has 2 unspecified atom stereocenters. The van der Waals surface area contributed by atoms with Crippen LogP contribution in [0.25, 0.3) is 0 Å². The second-order valence-corrected chi connectivity index (χ2v) is 5.53. The molecule has 0 saturated carbocycles. The number of aromatic nitrogens is 2. The molecule has 0 bridgehead atoms. The van der Waals surface area contributed by atoms with Gasteiger partial charge in [0.25, 0.3) is 0 Å². The number of aromatic hydroxyl groups is 1. The highest BCUT2D eigenvalue weighted by Gasteiger charge is 2.21. The zero-order valence-electron chi connectivity index (χ0n) is 12.3. The summed E-state index contributed by atoms with van der Waals surface area (Å²) in [4.78, 5) is 18.8. The third-order valence-electron chi connectivity index (χ3n) is 2.40. The standard InChI is InChI=1S/C13H21N3O5/c1-13(2,3)21-12(20)14-5-4-9(18)10(19)11-15-6-8(17)7-16-11/h6-7,9-10,17-19H,4-5H2,1-3H3,(H,14,20). The van der Waals surface area contributed by atoms with E-state index in [1.165, 1.54) is 0 Å². The van der Waals surface area contributed by atoms with Crippen LogP contribution in [0.2, 0.25) is 0 Å². The molecule has 4 N–H and O–H groups in total. The van der Waals surface area contributed by atoms with Gasteiger partial charge in [-0.15, -0.1) is 0 Å². The Morgan fingerprint density at radius 2 is 1.90 bits per heavy atom. The van der Waals surface area contributed by atoms with Crippen LogP contribution in [0.5, 0.6) is 5.75 Å². The number of hydrogen-bond acceptors (Lipinski definition) is 7. The lowest BCUT2D eigenvalue weighted by molar-refractivity contribution is 0.00726. The molecule has 0 aliphatic rings. The lowest BCUT2D eigenvalue weighted by Crippen LogP contribution is -2.34. The molecule has 0 aliphatic heterocycles. The van der Waals surface area contributed by atoms with Gasteiger partial charge in [-0.25, -0.2) is 14.8 Å². The van der Waals surface area contributed by atoms with Gasteiger partial charge in [0.15, 0.2) is 11.6 Å². The first-order valence-corrected chi connectivity index (χ1v) is 6.53. The van der Waals surface area contributed by atoms with E-state index in [1.54, 1.807) is 20.8 Å². The summed E-state index contributed by atoms with van der Waals surface area (Å²) >= 11 is 0. The highest BCUT2D eigenvalue weighted by Crippen LogP contribution is 2.16. The van der Waals surface area contributed by atoms with Gasteiger partial charge in [0, 0.05) is 6.54 Å². The minimum absolute atomic E-state index is 0.00225. The van der Waals surface area contributed by atoms with Crippen LogP contribution in [-0.2, 0) is 4.74 Å². The van der Waals surface area contributed by atoms with Crippen molar-refractivity contribution in [2.45, 2.75) is 45.0 Å². The van der Waals surface area contributed by atoms with Crippen LogP contribution >= 0.6 is 0 Å². The smallest absolute Gasteiger partial charge is 0.407 e. The van der Waals surface area contributed by atoms with E-state index >= 15 is 0 Å². The minimum atomic E-state index is -1.30. The highest BCUT2D eigenvalue weighted by molar-refractivity contribution is 5.67. The first-order chi connectivity index (χ1) is 9.69. The van der Waals surface area contributed by atoms with Crippen molar-refractivity contribution in [1.82, 2.24) is 15.3 Å². The van der Waals surface area contributed by atoms with Gasteiger partial charge in [-0.05, 0) is 27.2 Å². The maximum Gasteiger partial charge on any atom is 0.407 e. The molecule has 8 heteroatoms. The van der Waals surface area contributed by atoms with Gasteiger partial charge >= 0.3 is 6.09 Å². The Kier molecular flexibility index (Phi) is 5.86. The van der Waals surface area contributed by atoms with Gasteiger partial charge in [-0.1, -0.05) is 0 Å². The Bertz CT molecular complexity index is 458.